The lowest BCUT2D eigenvalue weighted by Gasteiger charge is -2.16. The number of hydrogen-bond acceptors (Lipinski definition) is 1. The summed E-state index contributed by atoms with van der Waals surface area (Å²) in [5.74, 6) is -0.888. The average Bonchev–Trinajstić information content (AvgIpc) is 2.18. The van der Waals surface area contributed by atoms with Gasteiger partial charge in [-0.3, -0.25) is 0 Å². The fraction of sp³-hybridized carbons (Fsp3) is 0.455. The Morgan fingerprint density at radius 2 is 1.93 bits per heavy atom. The molecule has 1 aromatic rings. The minimum atomic E-state index is -0.550. The molecule has 0 fully saturated rings. The molecule has 0 radical (unpaired) electrons. The molecule has 0 amide bonds. The number of benzene rings is 1. The summed E-state index contributed by atoms with van der Waals surface area (Å²) in [7, 11) is 0. The van der Waals surface area contributed by atoms with E-state index < -0.39 is 11.6 Å². The van der Waals surface area contributed by atoms with Gasteiger partial charge in [-0.05, 0) is 40.4 Å². The van der Waals surface area contributed by atoms with Crippen LogP contribution in [0.3, 0.4) is 0 Å². The van der Waals surface area contributed by atoms with Gasteiger partial charge in [0.15, 0.2) is 0 Å². The first kappa shape index (κ1) is 12.6. The summed E-state index contributed by atoms with van der Waals surface area (Å²) < 4.78 is 27.2. The Balaban J connectivity index is 2.98. The SMILES string of the molecule is CC(C)C(N)Cc1c(F)ccc(Br)c1F. The van der Waals surface area contributed by atoms with Crippen molar-refractivity contribution in [2.24, 2.45) is 11.7 Å². The van der Waals surface area contributed by atoms with E-state index in [9.17, 15) is 8.78 Å². The highest BCUT2D eigenvalue weighted by Crippen LogP contribution is 2.23. The third kappa shape index (κ3) is 2.98. The van der Waals surface area contributed by atoms with Crippen molar-refractivity contribution in [2.75, 3.05) is 0 Å². The predicted molar refractivity (Wildman–Crippen MR) is 60.6 cm³/mol. The fourth-order valence-electron chi connectivity index (χ4n) is 1.23. The lowest BCUT2D eigenvalue weighted by Crippen LogP contribution is -2.29. The van der Waals surface area contributed by atoms with E-state index in [2.05, 4.69) is 15.9 Å². The van der Waals surface area contributed by atoms with Crippen LogP contribution in [0.2, 0.25) is 0 Å². The van der Waals surface area contributed by atoms with Crippen molar-refractivity contribution in [2.45, 2.75) is 26.3 Å². The van der Waals surface area contributed by atoms with Gasteiger partial charge in [-0.1, -0.05) is 13.8 Å². The standard InChI is InChI=1S/C11H14BrF2N/c1-6(2)10(15)5-7-9(13)4-3-8(12)11(7)14/h3-4,6,10H,5,15H2,1-2H3. The van der Waals surface area contributed by atoms with Crippen LogP contribution in [0.25, 0.3) is 0 Å². The Labute approximate surface area is 96.8 Å². The molecule has 1 atom stereocenters. The predicted octanol–water partition coefficient (Wildman–Crippen LogP) is 3.25. The van der Waals surface area contributed by atoms with E-state index in [1.165, 1.54) is 12.1 Å². The highest BCUT2D eigenvalue weighted by molar-refractivity contribution is 9.10. The largest absolute Gasteiger partial charge is 0.327 e. The quantitative estimate of drug-likeness (QED) is 0.844. The molecule has 1 unspecified atom stereocenters. The third-order valence-electron chi connectivity index (χ3n) is 2.44. The summed E-state index contributed by atoms with van der Waals surface area (Å²) in [6.45, 7) is 3.86. The van der Waals surface area contributed by atoms with Gasteiger partial charge in [0.2, 0.25) is 0 Å². The molecular formula is C11H14BrF2N. The molecule has 0 aliphatic carbocycles. The number of halogens is 3. The van der Waals surface area contributed by atoms with E-state index in [0.29, 0.717) is 0 Å². The third-order valence-corrected chi connectivity index (χ3v) is 3.05. The smallest absolute Gasteiger partial charge is 0.143 e. The van der Waals surface area contributed by atoms with E-state index in [1.807, 2.05) is 13.8 Å². The monoisotopic (exact) mass is 277 g/mol. The lowest BCUT2D eigenvalue weighted by molar-refractivity contribution is 0.463. The number of rotatable bonds is 3. The Kier molecular flexibility index (Phi) is 4.22. The molecule has 0 saturated heterocycles. The second kappa shape index (κ2) is 5.03. The molecular weight excluding hydrogens is 264 g/mol. The number of hydrogen-bond donors (Lipinski definition) is 1. The normalized spacial score (nSPS) is 13.3. The molecule has 2 N–H and O–H groups in total. The van der Waals surface area contributed by atoms with Gasteiger partial charge in [-0.25, -0.2) is 8.78 Å². The van der Waals surface area contributed by atoms with Crippen molar-refractivity contribution in [1.82, 2.24) is 0 Å². The zero-order valence-corrected chi connectivity index (χ0v) is 10.3. The Hall–Kier alpha value is -0.480. The van der Waals surface area contributed by atoms with Gasteiger partial charge in [0.25, 0.3) is 0 Å². The summed E-state index contributed by atoms with van der Waals surface area (Å²) in [4.78, 5) is 0. The van der Waals surface area contributed by atoms with Crippen LogP contribution in [0.1, 0.15) is 19.4 Å². The summed E-state index contributed by atoms with van der Waals surface area (Å²) >= 11 is 3.02. The number of nitrogens with two attached hydrogens (primary N) is 1. The minimum Gasteiger partial charge on any atom is -0.327 e. The summed E-state index contributed by atoms with van der Waals surface area (Å²) in [5, 5.41) is 0. The maximum absolute atomic E-state index is 13.5. The van der Waals surface area contributed by atoms with Crippen molar-refractivity contribution in [1.29, 1.82) is 0 Å². The molecule has 0 aliphatic heterocycles. The molecule has 0 spiro atoms. The van der Waals surface area contributed by atoms with Crippen molar-refractivity contribution >= 4 is 15.9 Å². The van der Waals surface area contributed by atoms with Crippen molar-refractivity contribution in [3.63, 3.8) is 0 Å². The first-order chi connectivity index (χ1) is 6.93. The Morgan fingerprint density at radius 1 is 1.33 bits per heavy atom. The minimum absolute atomic E-state index is 0.0607. The highest BCUT2D eigenvalue weighted by Gasteiger charge is 2.17. The molecule has 0 aromatic heterocycles. The van der Waals surface area contributed by atoms with E-state index in [4.69, 9.17) is 5.73 Å². The van der Waals surface area contributed by atoms with Crippen LogP contribution in [0.5, 0.6) is 0 Å². The van der Waals surface area contributed by atoms with E-state index in [0.717, 1.165) is 0 Å². The van der Waals surface area contributed by atoms with E-state index in [-0.39, 0.29) is 28.4 Å². The van der Waals surface area contributed by atoms with Crippen molar-refractivity contribution in [3.05, 3.63) is 33.8 Å². The zero-order chi connectivity index (χ0) is 11.6. The molecule has 1 aromatic carbocycles. The van der Waals surface area contributed by atoms with Gasteiger partial charge in [0.1, 0.15) is 11.6 Å². The maximum Gasteiger partial charge on any atom is 0.143 e. The highest BCUT2D eigenvalue weighted by atomic mass is 79.9. The van der Waals surface area contributed by atoms with Crippen LogP contribution in [0.15, 0.2) is 16.6 Å². The van der Waals surface area contributed by atoms with Crippen molar-refractivity contribution < 1.29 is 8.78 Å². The Morgan fingerprint density at radius 3 is 2.47 bits per heavy atom. The Bertz CT molecular complexity index is 353. The van der Waals surface area contributed by atoms with Crippen LogP contribution in [0.4, 0.5) is 8.78 Å². The molecule has 1 rings (SSSR count). The summed E-state index contributed by atoms with van der Waals surface area (Å²) in [6, 6.07) is 2.37. The average molecular weight is 278 g/mol. The first-order valence-electron chi connectivity index (χ1n) is 4.81. The second-order valence-electron chi connectivity index (χ2n) is 3.93. The molecule has 4 heteroatoms. The van der Waals surface area contributed by atoms with Gasteiger partial charge in [0, 0.05) is 11.6 Å². The van der Waals surface area contributed by atoms with Gasteiger partial charge < -0.3 is 5.73 Å². The molecule has 1 nitrogen and oxygen atoms in total. The van der Waals surface area contributed by atoms with E-state index in [1.54, 1.807) is 0 Å². The van der Waals surface area contributed by atoms with Crippen LogP contribution >= 0.6 is 15.9 Å². The fourth-order valence-corrected chi connectivity index (χ4v) is 1.60. The van der Waals surface area contributed by atoms with Crippen LogP contribution in [-0.2, 0) is 6.42 Å². The van der Waals surface area contributed by atoms with Gasteiger partial charge in [-0.2, -0.15) is 0 Å². The zero-order valence-electron chi connectivity index (χ0n) is 8.73. The molecule has 0 aliphatic rings. The van der Waals surface area contributed by atoms with Crippen LogP contribution < -0.4 is 5.73 Å². The van der Waals surface area contributed by atoms with Crippen LogP contribution in [0, 0.1) is 17.6 Å². The molecule has 84 valence electrons. The lowest BCUT2D eigenvalue weighted by atomic mass is 9.97. The molecule has 0 heterocycles. The second-order valence-corrected chi connectivity index (χ2v) is 4.79. The van der Waals surface area contributed by atoms with Gasteiger partial charge in [0.05, 0.1) is 4.47 Å². The van der Waals surface area contributed by atoms with E-state index >= 15 is 0 Å². The van der Waals surface area contributed by atoms with Crippen LogP contribution in [-0.4, -0.2) is 6.04 Å². The topological polar surface area (TPSA) is 26.0 Å². The molecule has 0 bridgehead atoms. The maximum atomic E-state index is 13.5. The van der Waals surface area contributed by atoms with Gasteiger partial charge >= 0.3 is 0 Å². The van der Waals surface area contributed by atoms with Gasteiger partial charge in [-0.15, -0.1) is 0 Å². The summed E-state index contributed by atoms with van der Waals surface area (Å²) in [6.07, 6.45) is 0.217. The summed E-state index contributed by atoms with van der Waals surface area (Å²) in [5.41, 5.74) is 5.85. The molecule has 15 heavy (non-hydrogen) atoms. The first-order valence-corrected chi connectivity index (χ1v) is 5.60. The van der Waals surface area contributed by atoms with Crippen molar-refractivity contribution in [3.8, 4) is 0 Å². The molecule has 0 saturated carbocycles.